The van der Waals surface area contributed by atoms with E-state index in [9.17, 15) is 0 Å². The second kappa shape index (κ2) is 6.84. The summed E-state index contributed by atoms with van der Waals surface area (Å²) in [6.45, 7) is 8.99. The minimum absolute atomic E-state index is 0.625. The molecular weight excluding hydrogens is 188 g/mol. The van der Waals surface area contributed by atoms with E-state index >= 15 is 0 Å². The molecular formula is C10H17ClO2. The van der Waals surface area contributed by atoms with Crippen molar-refractivity contribution in [3.63, 3.8) is 0 Å². The molecule has 2 nitrogen and oxygen atoms in total. The topological polar surface area (TPSA) is 18.5 Å². The van der Waals surface area contributed by atoms with E-state index in [0.29, 0.717) is 6.42 Å². The molecule has 3 heteroatoms. The van der Waals surface area contributed by atoms with Crippen LogP contribution in [0, 0.1) is 0 Å². The second-order valence-electron chi connectivity index (χ2n) is 2.69. The Labute approximate surface area is 85.2 Å². The molecule has 0 amide bonds. The van der Waals surface area contributed by atoms with Gasteiger partial charge in [0.05, 0.1) is 12.5 Å². The van der Waals surface area contributed by atoms with E-state index in [1.807, 2.05) is 0 Å². The smallest absolute Gasteiger partial charge is 0.331 e. The third-order valence-corrected chi connectivity index (χ3v) is 1.96. The summed E-state index contributed by atoms with van der Waals surface area (Å²) in [6, 6.07) is 0. The maximum absolute atomic E-state index is 5.99. The zero-order valence-electron chi connectivity index (χ0n) is 8.09. The molecule has 0 rings (SSSR count). The third kappa shape index (κ3) is 5.58. The lowest BCUT2D eigenvalue weighted by atomic mass is 10.2. The van der Waals surface area contributed by atoms with Gasteiger partial charge in [0.1, 0.15) is 0 Å². The van der Waals surface area contributed by atoms with Crippen molar-refractivity contribution in [3.8, 4) is 0 Å². The quantitative estimate of drug-likeness (QED) is 0.259. The van der Waals surface area contributed by atoms with Crippen LogP contribution in [-0.2, 0) is 9.47 Å². The number of rotatable bonds is 8. The highest BCUT2D eigenvalue weighted by molar-refractivity contribution is 6.22. The van der Waals surface area contributed by atoms with Crippen molar-refractivity contribution in [3.05, 3.63) is 25.7 Å². The summed E-state index contributed by atoms with van der Waals surface area (Å²) < 4.78 is 10.1. The predicted molar refractivity (Wildman–Crippen MR) is 55.3 cm³/mol. The highest BCUT2D eigenvalue weighted by Gasteiger charge is 2.28. The number of alkyl halides is 1. The molecule has 0 atom stereocenters. The van der Waals surface area contributed by atoms with E-state index in [2.05, 4.69) is 20.1 Å². The summed E-state index contributed by atoms with van der Waals surface area (Å²) in [5, 5.41) is -1.11. The van der Waals surface area contributed by atoms with E-state index in [4.69, 9.17) is 21.1 Å². The van der Waals surface area contributed by atoms with Gasteiger partial charge in [-0.1, -0.05) is 32.9 Å². The van der Waals surface area contributed by atoms with Crippen LogP contribution in [0.4, 0.5) is 0 Å². The molecule has 0 saturated heterocycles. The molecule has 0 aromatic heterocycles. The highest BCUT2D eigenvalue weighted by Crippen LogP contribution is 2.26. The van der Waals surface area contributed by atoms with Crippen LogP contribution in [0.5, 0.6) is 0 Å². The van der Waals surface area contributed by atoms with Gasteiger partial charge in [0.15, 0.2) is 0 Å². The van der Waals surface area contributed by atoms with Crippen molar-refractivity contribution in [1.29, 1.82) is 0 Å². The monoisotopic (exact) mass is 204 g/mol. The fourth-order valence-corrected chi connectivity index (χ4v) is 1.24. The fourth-order valence-electron chi connectivity index (χ4n) is 0.981. The number of unbranched alkanes of at least 4 members (excludes halogenated alkanes) is 2. The molecule has 0 aromatic carbocycles. The van der Waals surface area contributed by atoms with Crippen LogP contribution in [0.1, 0.15) is 32.6 Å². The van der Waals surface area contributed by atoms with Gasteiger partial charge in [-0.05, 0) is 18.0 Å². The maximum Gasteiger partial charge on any atom is 0.331 e. The lowest BCUT2D eigenvalue weighted by Gasteiger charge is -2.24. The first-order chi connectivity index (χ1) is 6.18. The van der Waals surface area contributed by atoms with Crippen molar-refractivity contribution in [2.24, 2.45) is 0 Å². The summed E-state index contributed by atoms with van der Waals surface area (Å²) >= 11 is 5.99. The summed E-state index contributed by atoms with van der Waals surface area (Å²) in [7, 11) is 0. The number of halogens is 1. The van der Waals surface area contributed by atoms with Crippen LogP contribution in [-0.4, -0.2) is 5.25 Å². The third-order valence-electron chi connectivity index (χ3n) is 1.60. The first-order valence-corrected chi connectivity index (χ1v) is 4.82. The maximum atomic E-state index is 5.99. The van der Waals surface area contributed by atoms with E-state index in [0.717, 1.165) is 19.3 Å². The molecule has 0 N–H and O–H groups in total. The zero-order valence-corrected chi connectivity index (χ0v) is 8.85. The van der Waals surface area contributed by atoms with Gasteiger partial charge in [0, 0.05) is 6.42 Å². The number of hydrogen-bond donors (Lipinski definition) is 0. The Bertz CT molecular complexity index is 147. The summed E-state index contributed by atoms with van der Waals surface area (Å²) in [5.41, 5.74) is 0. The fraction of sp³-hybridized carbons (Fsp3) is 0.600. The van der Waals surface area contributed by atoms with E-state index < -0.39 is 5.25 Å². The van der Waals surface area contributed by atoms with Crippen LogP contribution in [0.25, 0.3) is 0 Å². The number of hydrogen-bond acceptors (Lipinski definition) is 2. The average Bonchev–Trinajstić information content (AvgIpc) is 2.05. The van der Waals surface area contributed by atoms with E-state index in [1.165, 1.54) is 12.5 Å². The molecule has 76 valence electrons. The highest BCUT2D eigenvalue weighted by atomic mass is 35.5. The Balaban J connectivity index is 3.90. The summed E-state index contributed by atoms with van der Waals surface area (Å²) in [4.78, 5) is 0. The Morgan fingerprint density at radius 1 is 1.23 bits per heavy atom. The second-order valence-corrected chi connectivity index (χ2v) is 3.26. The summed E-state index contributed by atoms with van der Waals surface area (Å²) in [5.74, 6) is 0. The van der Waals surface area contributed by atoms with Crippen LogP contribution in [0.2, 0.25) is 0 Å². The molecule has 0 aliphatic rings. The molecule has 0 aliphatic heterocycles. The first kappa shape index (κ1) is 12.4. The van der Waals surface area contributed by atoms with Crippen molar-refractivity contribution in [2.45, 2.75) is 37.9 Å². The molecule has 0 spiro atoms. The predicted octanol–water partition coefficient (Wildman–Crippen LogP) is 3.78. The Kier molecular flexibility index (Phi) is 6.51. The summed E-state index contributed by atoms with van der Waals surface area (Å²) in [6.07, 6.45) is 6.39. The van der Waals surface area contributed by atoms with Crippen molar-refractivity contribution < 1.29 is 9.47 Å². The van der Waals surface area contributed by atoms with Crippen molar-refractivity contribution in [2.75, 3.05) is 0 Å². The van der Waals surface area contributed by atoms with Gasteiger partial charge in [-0.3, -0.25) is 0 Å². The van der Waals surface area contributed by atoms with Gasteiger partial charge in [0.2, 0.25) is 0 Å². The van der Waals surface area contributed by atoms with Crippen LogP contribution < -0.4 is 0 Å². The molecule has 13 heavy (non-hydrogen) atoms. The standard InChI is InChI=1S/C10H17ClO2/c1-4-7-8-9-10(11,12-5-2)13-6-3/h5-6H,2-4,7-9H2,1H3. The lowest BCUT2D eigenvalue weighted by molar-refractivity contribution is -0.107. The van der Waals surface area contributed by atoms with Gasteiger partial charge in [-0.2, -0.15) is 0 Å². The number of ether oxygens (including phenoxy) is 2. The van der Waals surface area contributed by atoms with Gasteiger partial charge in [-0.25, -0.2) is 0 Å². The largest absolute Gasteiger partial charge is 0.448 e. The lowest BCUT2D eigenvalue weighted by Crippen LogP contribution is -2.25. The van der Waals surface area contributed by atoms with Crippen LogP contribution in [0.15, 0.2) is 25.7 Å². The van der Waals surface area contributed by atoms with Crippen LogP contribution >= 0.6 is 11.6 Å². The molecule has 0 radical (unpaired) electrons. The van der Waals surface area contributed by atoms with E-state index in [1.54, 1.807) is 0 Å². The molecule has 0 saturated carbocycles. The first-order valence-electron chi connectivity index (χ1n) is 4.45. The van der Waals surface area contributed by atoms with Gasteiger partial charge >= 0.3 is 5.25 Å². The normalized spacial score (nSPS) is 10.6. The molecule has 0 fully saturated rings. The zero-order chi connectivity index (χ0) is 10.2. The van der Waals surface area contributed by atoms with Gasteiger partial charge in [0.25, 0.3) is 0 Å². The van der Waals surface area contributed by atoms with Gasteiger partial charge < -0.3 is 9.47 Å². The molecule has 0 aliphatic carbocycles. The minimum atomic E-state index is -1.11. The molecule has 0 heterocycles. The SMILES string of the molecule is C=COC(Cl)(CCCCC)OC=C. The van der Waals surface area contributed by atoms with Crippen molar-refractivity contribution >= 4 is 11.6 Å². The minimum Gasteiger partial charge on any atom is -0.448 e. The van der Waals surface area contributed by atoms with Crippen molar-refractivity contribution in [1.82, 2.24) is 0 Å². The molecule has 0 unspecified atom stereocenters. The molecule has 0 bridgehead atoms. The Morgan fingerprint density at radius 3 is 2.15 bits per heavy atom. The Hall–Kier alpha value is -0.630. The van der Waals surface area contributed by atoms with E-state index in [-0.39, 0.29) is 0 Å². The van der Waals surface area contributed by atoms with Gasteiger partial charge in [-0.15, -0.1) is 0 Å². The van der Waals surface area contributed by atoms with Crippen LogP contribution in [0.3, 0.4) is 0 Å². The molecule has 0 aromatic rings. The average molecular weight is 205 g/mol. The Morgan fingerprint density at radius 2 is 1.77 bits per heavy atom.